The summed E-state index contributed by atoms with van der Waals surface area (Å²) in [6.45, 7) is 1.37. The fourth-order valence-electron chi connectivity index (χ4n) is 1.88. The van der Waals surface area contributed by atoms with Crippen LogP contribution in [0.2, 0.25) is 0 Å². The zero-order valence-electron chi connectivity index (χ0n) is 7.96. The van der Waals surface area contributed by atoms with Gasteiger partial charge in [-0.25, -0.2) is 4.39 Å². The molecule has 3 heteroatoms. The van der Waals surface area contributed by atoms with Crippen molar-refractivity contribution in [1.29, 1.82) is 0 Å². The lowest BCUT2D eigenvalue weighted by molar-refractivity contribution is 0.0610. The quantitative estimate of drug-likeness (QED) is 0.740. The number of hydrogen-bond acceptors (Lipinski definition) is 2. The predicted octanol–water partition coefficient (Wildman–Crippen LogP) is 1.09. The van der Waals surface area contributed by atoms with Crippen LogP contribution in [-0.4, -0.2) is 23.8 Å². The molecule has 1 fully saturated rings. The van der Waals surface area contributed by atoms with Gasteiger partial charge in [-0.05, 0) is 24.6 Å². The van der Waals surface area contributed by atoms with Gasteiger partial charge in [-0.15, -0.1) is 0 Å². The Bertz CT molecular complexity index is 321. The Hall–Kier alpha value is -0.930. The minimum atomic E-state index is -0.762. The van der Waals surface area contributed by atoms with Gasteiger partial charge >= 0.3 is 0 Å². The second-order valence-electron chi connectivity index (χ2n) is 3.92. The van der Waals surface area contributed by atoms with Crippen LogP contribution >= 0.6 is 0 Å². The van der Waals surface area contributed by atoms with E-state index in [2.05, 4.69) is 5.32 Å². The van der Waals surface area contributed by atoms with Crippen LogP contribution in [0.25, 0.3) is 0 Å². The topological polar surface area (TPSA) is 32.3 Å². The third-order valence-corrected chi connectivity index (χ3v) is 2.70. The molecule has 1 aliphatic rings. The van der Waals surface area contributed by atoms with Gasteiger partial charge in [-0.3, -0.25) is 0 Å². The number of β-amino-alcohol motifs (C(OH)–C–C–N with tert-alkyl or cyclic N) is 1. The third-order valence-electron chi connectivity index (χ3n) is 2.70. The van der Waals surface area contributed by atoms with Crippen LogP contribution in [0.3, 0.4) is 0 Å². The van der Waals surface area contributed by atoms with Crippen molar-refractivity contribution in [2.75, 3.05) is 13.1 Å². The molecule has 1 saturated heterocycles. The smallest absolute Gasteiger partial charge is 0.126 e. The lowest BCUT2D eigenvalue weighted by Crippen LogP contribution is -2.34. The number of rotatable bonds is 2. The third kappa shape index (κ3) is 1.94. The van der Waals surface area contributed by atoms with E-state index in [0.717, 1.165) is 6.54 Å². The highest BCUT2D eigenvalue weighted by atomic mass is 19.1. The molecule has 0 amide bonds. The molecular weight excluding hydrogens is 181 g/mol. The molecule has 0 saturated carbocycles. The van der Waals surface area contributed by atoms with E-state index in [0.29, 0.717) is 24.9 Å². The standard InChI is InChI=1S/C11H14FNO/c12-10-4-2-1-3-9(10)7-11(14)5-6-13-8-11/h1-4,13-14H,5-8H2. The first-order valence-corrected chi connectivity index (χ1v) is 4.86. The van der Waals surface area contributed by atoms with Crippen molar-refractivity contribution in [2.24, 2.45) is 0 Å². The number of aliphatic hydroxyl groups is 1. The molecule has 0 radical (unpaired) electrons. The van der Waals surface area contributed by atoms with E-state index in [1.807, 2.05) is 0 Å². The van der Waals surface area contributed by atoms with Crippen molar-refractivity contribution in [1.82, 2.24) is 5.32 Å². The fraction of sp³-hybridized carbons (Fsp3) is 0.455. The molecule has 14 heavy (non-hydrogen) atoms. The molecule has 2 nitrogen and oxygen atoms in total. The second-order valence-corrected chi connectivity index (χ2v) is 3.92. The van der Waals surface area contributed by atoms with E-state index < -0.39 is 5.60 Å². The minimum absolute atomic E-state index is 0.229. The van der Waals surface area contributed by atoms with Crippen molar-refractivity contribution in [3.05, 3.63) is 35.6 Å². The maximum atomic E-state index is 13.3. The summed E-state index contributed by atoms with van der Waals surface area (Å²) in [5.41, 5.74) is -0.166. The number of benzene rings is 1. The minimum Gasteiger partial charge on any atom is -0.388 e. The first-order valence-electron chi connectivity index (χ1n) is 4.86. The molecule has 1 aromatic carbocycles. The largest absolute Gasteiger partial charge is 0.388 e. The van der Waals surface area contributed by atoms with Gasteiger partial charge in [0.2, 0.25) is 0 Å². The zero-order valence-corrected chi connectivity index (χ0v) is 7.96. The zero-order chi connectivity index (χ0) is 10.0. The van der Waals surface area contributed by atoms with E-state index >= 15 is 0 Å². The molecule has 1 aliphatic heterocycles. The molecule has 0 bridgehead atoms. The van der Waals surface area contributed by atoms with Crippen molar-refractivity contribution in [3.63, 3.8) is 0 Å². The van der Waals surface area contributed by atoms with Crippen molar-refractivity contribution in [2.45, 2.75) is 18.4 Å². The lowest BCUT2D eigenvalue weighted by atomic mass is 9.93. The fourth-order valence-corrected chi connectivity index (χ4v) is 1.88. The Morgan fingerprint density at radius 3 is 2.86 bits per heavy atom. The SMILES string of the molecule is OC1(Cc2ccccc2F)CCNC1. The summed E-state index contributed by atoms with van der Waals surface area (Å²) in [4.78, 5) is 0. The van der Waals surface area contributed by atoms with Crippen molar-refractivity contribution in [3.8, 4) is 0 Å². The van der Waals surface area contributed by atoms with Gasteiger partial charge in [0.1, 0.15) is 5.82 Å². The van der Waals surface area contributed by atoms with Crippen molar-refractivity contribution >= 4 is 0 Å². The Labute approximate surface area is 82.8 Å². The summed E-state index contributed by atoms with van der Waals surface area (Å²) in [7, 11) is 0. The second kappa shape index (κ2) is 3.67. The average molecular weight is 195 g/mol. The molecule has 2 rings (SSSR count). The molecule has 1 atom stereocenters. The predicted molar refractivity (Wildman–Crippen MR) is 52.5 cm³/mol. The van der Waals surface area contributed by atoms with E-state index in [9.17, 15) is 9.50 Å². The Morgan fingerprint density at radius 1 is 1.43 bits per heavy atom. The number of halogens is 1. The van der Waals surface area contributed by atoms with Crippen molar-refractivity contribution < 1.29 is 9.50 Å². The van der Waals surface area contributed by atoms with Crippen LogP contribution in [0, 0.1) is 5.82 Å². The summed E-state index contributed by atoms with van der Waals surface area (Å²) in [6, 6.07) is 6.62. The maximum Gasteiger partial charge on any atom is 0.126 e. The van der Waals surface area contributed by atoms with E-state index in [4.69, 9.17) is 0 Å². The molecule has 1 unspecified atom stereocenters. The van der Waals surface area contributed by atoms with Gasteiger partial charge in [0.05, 0.1) is 5.60 Å². The van der Waals surface area contributed by atoms with Crippen LogP contribution in [0.4, 0.5) is 4.39 Å². The van der Waals surface area contributed by atoms with Gasteiger partial charge in [0, 0.05) is 13.0 Å². The van der Waals surface area contributed by atoms with Crippen LogP contribution in [0.5, 0.6) is 0 Å². The maximum absolute atomic E-state index is 13.3. The number of nitrogens with one attached hydrogen (secondary N) is 1. The summed E-state index contributed by atoms with van der Waals surface area (Å²) in [5.74, 6) is -0.229. The Morgan fingerprint density at radius 2 is 2.21 bits per heavy atom. The molecule has 76 valence electrons. The molecule has 0 spiro atoms. The molecule has 0 aromatic heterocycles. The van der Waals surface area contributed by atoms with Gasteiger partial charge in [-0.2, -0.15) is 0 Å². The summed E-state index contributed by atoms with van der Waals surface area (Å²) >= 11 is 0. The highest BCUT2D eigenvalue weighted by molar-refractivity contribution is 5.20. The molecule has 1 heterocycles. The monoisotopic (exact) mass is 195 g/mol. The highest BCUT2D eigenvalue weighted by Gasteiger charge is 2.31. The molecule has 2 N–H and O–H groups in total. The normalized spacial score (nSPS) is 26.7. The lowest BCUT2D eigenvalue weighted by Gasteiger charge is -2.21. The van der Waals surface area contributed by atoms with Crippen LogP contribution in [-0.2, 0) is 6.42 Å². The Kier molecular flexibility index (Phi) is 2.52. The Balaban J connectivity index is 2.14. The molecule has 0 aliphatic carbocycles. The summed E-state index contributed by atoms with van der Waals surface area (Å²) < 4.78 is 13.3. The van der Waals surface area contributed by atoms with E-state index in [-0.39, 0.29) is 5.82 Å². The number of hydrogen-bond donors (Lipinski definition) is 2. The molecular formula is C11H14FNO. The highest BCUT2D eigenvalue weighted by Crippen LogP contribution is 2.21. The van der Waals surface area contributed by atoms with Gasteiger partial charge in [-0.1, -0.05) is 18.2 Å². The molecule has 1 aromatic rings. The van der Waals surface area contributed by atoms with E-state index in [1.54, 1.807) is 18.2 Å². The van der Waals surface area contributed by atoms with E-state index in [1.165, 1.54) is 6.07 Å². The summed E-state index contributed by atoms with van der Waals surface area (Å²) in [6.07, 6.45) is 1.09. The van der Waals surface area contributed by atoms with Crippen LogP contribution < -0.4 is 5.32 Å². The van der Waals surface area contributed by atoms with Gasteiger partial charge < -0.3 is 10.4 Å². The first-order chi connectivity index (χ1) is 6.70. The summed E-state index contributed by atoms with van der Waals surface area (Å²) in [5, 5.41) is 13.1. The first kappa shape index (κ1) is 9.62. The van der Waals surface area contributed by atoms with Gasteiger partial charge in [0.25, 0.3) is 0 Å². The van der Waals surface area contributed by atoms with Crippen LogP contribution in [0.1, 0.15) is 12.0 Å². The van der Waals surface area contributed by atoms with Gasteiger partial charge in [0.15, 0.2) is 0 Å². The average Bonchev–Trinajstić information content (AvgIpc) is 2.57. The van der Waals surface area contributed by atoms with Crippen LogP contribution in [0.15, 0.2) is 24.3 Å².